The molecule has 0 radical (unpaired) electrons. The molecule has 2 atom stereocenters. The first-order chi connectivity index (χ1) is 13.7. The quantitative estimate of drug-likeness (QED) is 0.664. The molecule has 0 aliphatic carbocycles. The fourth-order valence-electron chi connectivity index (χ4n) is 4.18. The molecule has 2 aliphatic heterocycles. The topological polar surface area (TPSA) is 82.6 Å². The first-order valence-electron chi connectivity index (χ1n) is 10.0. The van der Waals surface area contributed by atoms with Gasteiger partial charge in [-0.25, -0.2) is 4.98 Å². The molecular formula is C21H30N4O3. The summed E-state index contributed by atoms with van der Waals surface area (Å²) in [4.78, 5) is 10.4. The summed E-state index contributed by atoms with van der Waals surface area (Å²) in [6.45, 7) is 6.79. The van der Waals surface area contributed by atoms with Crippen LogP contribution in [0.1, 0.15) is 29.7 Å². The third-order valence-electron chi connectivity index (χ3n) is 5.75. The minimum absolute atomic E-state index is 0.0413. The number of aromatic nitrogens is 2. The van der Waals surface area contributed by atoms with Gasteiger partial charge in [0.25, 0.3) is 0 Å². The highest BCUT2D eigenvalue weighted by molar-refractivity contribution is 5.17. The minimum Gasteiger partial charge on any atom is -0.394 e. The maximum absolute atomic E-state index is 10.3. The van der Waals surface area contributed by atoms with Gasteiger partial charge in [0.1, 0.15) is 5.82 Å². The summed E-state index contributed by atoms with van der Waals surface area (Å²) in [5, 5.41) is 13.8. The molecule has 7 nitrogen and oxygen atoms in total. The van der Waals surface area contributed by atoms with E-state index in [0.29, 0.717) is 32.9 Å². The number of H-pyrrole nitrogens is 1. The van der Waals surface area contributed by atoms with Crippen LogP contribution >= 0.6 is 0 Å². The van der Waals surface area contributed by atoms with Gasteiger partial charge >= 0.3 is 0 Å². The van der Waals surface area contributed by atoms with Crippen LogP contribution in [0.15, 0.2) is 30.3 Å². The van der Waals surface area contributed by atoms with Crippen LogP contribution in [0, 0.1) is 0 Å². The molecule has 1 fully saturated rings. The van der Waals surface area contributed by atoms with Gasteiger partial charge < -0.3 is 24.9 Å². The molecule has 2 aromatic rings. The molecule has 7 heteroatoms. The van der Waals surface area contributed by atoms with Crippen LogP contribution in [0.5, 0.6) is 0 Å². The first-order valence-corrected chi connectivity index (χ1v) is 10.0. The number of nitrogens with one attached hydrogen (secondary N) is 2. The van der Waals surface area contributed by atoms with Gasteiger partial charge in [-0.15, -0.1) is 0 Å². The van der Waals surface area contributed by atoms with Crippen molar-refractivity contribution in [1.29, 1.82) is 0 Å². The van der Waals surface area contributed by atoms with Gasteiger partial charge in [-0.05, 0) is 12.5 Å². The van der Waals surface area contributed by atoms with Crippen molar-refractivity contribution >= 4 is 0 Å². The lowest BCUT2D eigenvalue weighted by Crippen LogP contribution is -2.66. The van der Waals surface area contributed by atoms with Crippen LogP contribution in [0.25, 0.3) is 0 Å². The van der Waals surface area contributed by atoms with Gasteiger partial charge in [0.15, 0.2) is 0 Å². The van der Waals surface area contributed by atoms with Crippen molar-refractivity contribution in [3.8, 4) is 0 Å². The predicted molar refractivity (Wildman–Crippen MR) is 106 cm³/mol. The molecule has 28 heavy (non-hydrogen) atoms. The Morgan fingerprint density at radius 2 is 2.18 bits per heavy atom. The highest BCUT2D eigenvalue weighted by Crippen LogP contribution is 2.26. The van der Waals surface area contributed by atoms with E-state index < -0.39 is 5.54 Å². The number of imidazole rings is 1. The predicted octanol–water partition coefficient (Wildman–Crippen LogP) is 1.22. The summed E-state index contributed by atoms with van der Waals surface area (Å²) in [7, 11) is 0. The second kappa shape index (κ2) is 8.71. The molecular weight excluding hydrogens is 356 g/mol. The fourth-order valence-corrected chi connectivity index (χ4v) is 4.18. The van der Waals surface area contributed by atoms with E-state index in [1.807, 2.05) is 6.07 Å². The van der Waals surface area contributed by atoms with Crippen molar-refractivity contribution in [2.75, 3.05) is 33.0 Å². The average molecular weight is 386 g/mol. The molecule has 1 aromatic heterocycles. The lowest BCUT2D eigenvalue weighted by Gasteiger charge is -2.49. The first kappa shape index (κ1) is 19.5. The minimum atomic E-state index is -0.456. The molecule has 0 spiro atoms. The van der Waals surface area contributed by atoms with E-state index in [0.717, 1.165) is 36.8 Å². The number of aliphatic hydroxyl groups is 1. The number of hydrogen-bond acceptors (Lipinski definition) is 6. The smallest absolute Gasteiger partial charge is 0.120 e. The third-order valence-corrected chi connectivity index (χ3v) is 5.75. The van der Waals surface area contributed by atoms with Crippen molar-refractivity contribution in [1.82, 2.24) is 20.2 Å². The van der Waals surface area contributed by atoms with Crippen molar-refractivity contribution in [3.05, 3.63) is 53.1 Å². The molecule has 0 unspecified atom stereocenters. The summed E-state index contributed by atoms with van der Waals surface area (Å²) in [6, 6.07) is 10.6. The number of benzene rings is 1. The molecule has 3 heterocycles. The van der Waals surface area contributed by atoms with Crippen LogP contribution in [0.3, 0.4) is 0 Å². The summed E-state index contributed by atoms with van der Waals surface area (Å²) >= 11 is 0. The van der Waals surface area contributed by atoms with Crippen molar-refractivity contribution < 1.29 is 14.6 Å². The molecule has 0 amide bonds. The van der Waals surface area contributed by atoms with E-state index in [1.54, 1.807) is 0 Å². The lowest BCUT2D eigenvalue weighted by molar-refractivity contribution is -0.122. The number of fused-ring (bicyclic) bond motifs is 1. The Morgan fingerprint density at radius 1 is 1.32 bits per heavy atom. The number of rotatable bonds is 7. The second-order valence-electron chi connectivity index (χ2n) is 7.87. The standard InChI is InChI=1S/C21H30N4O3/c1-16-11-28-15-21(14-26,25(16)10-17-5-3-2-4-6-17)13-22-9-20-23-18-7-8-27-12-19(18)24-20/h2-6,16,22,26H,7-15H2,1H3,(H,23,24)/t16-,21+/m1/s1. The number of nitrogens with zero attached hydrogens (tertiary/aromatic N) is 2. The van der Waals surface area contributed by atoms with Gasteiger partial charge in [0.2, 0.25) is 0 Å². The summed E-state index contributed by atoms with van der Waals surface area (Å²) < 4.78 is 11.3. The second-order valence-corrected chi connectivity index (χ2v) is 7.87. The zero-order valence-electron chi connectivity index (χ0n) is 16.5. The van der Waals surface area contributed by atoms with E-state index in [2.05, 4.69) is 51.4 Å². The van der Waals surface area contributed by atoms with Crippen LogP contribution in [0.4, 0.5) is 0 Å². The summed E-state index contributed by atoms with van der Waals surface area (Å²) in [6.07, 6.45) is 0.864. The van der Waals surface area contributed by atoms with Crippen LogP contribution < -0.4 is 5.32 Å². The molecule has 3 N–H and O–H groups in total. The van der Waals surface area contributed by atoms with Crippen LogP contribution in [0.2, 0.25) is 0 Å². The monoisotopic (exact) mass is 386 g/mol. The SMILES string of the molecule is C[C@@H]1COC[C@@](CO)(CNCc2nc3c([nH]2)COCC3)N1Cc1ccccc1. The molecule has 1 aromatic carbocycles. The van der Waals surface area contributed by atoms with Crippen molar-refractivity contribution in [2.24, 2.45) is 0 Å². The lowest BCUT2D eigenvalue weighted by atomic mass is 9.94. The Morgan fingerprint density at radius 3 is 2.96 bits per heavy atom. The maximum atomic E-state index is 10.3. The highest BCUT2D eigenvalue weighted by atomic mass is 16.5. The average Bonchev–Trinajstić information content (AvgIpc) is 3.14. The Bertz CT molecular complexity index is 743. The van der Waals surface area contributed by atoms with Crippen molar-refractivity contribution in [2.45, 2.75) is 44.6 Å². The normalized spacial score (nSPS) is 25.6. The Hall–Kier alpha value is -1.77. The number of morpholine rings is 1. The Balaban J connectivity index is 1.43. The highest BCUT2D eigenvalue weighted by Gasteiger charge is 2.42. The zero-order chi connectivity index (χ0) is 19.4. The number of aliphatic hydroxyl groups excluding tert-OH is 1. The molecule has 0 saturated carbocycles. The summed E-state index contributed by atoms with van der Waals surface area (Å²) in [5.74, 6) is 0.919. The van der Waals surface area contributed by atoms with Gasteiger partial charge in [0, 0.05) is 25.6 Å². The van der Waals surface area contributed by atoms with E-state index in [-0.39, 0.29) is 12.6 Å². The van der Waals surface area contributed by atoms with Gasteiger partial charge in [-0.1, -0.05) is 30.3 Å². The van der Waals surface area contributed by atoms with Crippen LogP contribution in [-0.2, 0) is 35.6 Å². The van der Waals surface area contributed by atoms with E-state index in [1.165, 1.54) is 5.56 Å². The summed E-state index contributed by atoms with van der Waals surface area (Å²) in [5.41, 5.74) is 2.98. The Kier molecular flexibility index (Phi) is 6.08. The molecule has 2 aliphatic rings. The molecule has 4 rings (SSSR count). The van der Waals surface area contributed by atoms with E-state index in [4.69, 9.17) is 9.47 Å². The van der Waals surface area contributed by atoms with E-state index in [9.17, 15) is 5.11 Å². The maximum Gasteiger partial charge on any atom is 0.120 e. The van der Waals surface area contributed by atoms with E-state index >= 15 is 0 Å². The molecule has 152 valence electrons. The van der Waals surface area contributed by atoms with Gasteiger partial charge in [0.05, 0.1) is 56.5 Å². The number of hydrogen-bond donors (Lipinski definition) is 3. The molecule has 0 bridgehead atoms. The van der Waals surface area contributed by atoms with Crippen molar-refractivity contribution in [3.63, 3.8) is 0 Å². The largest absolute Gasteiger partial charge is 0.394 e. The Labute approximate surface area is 166 Å². The zero-order valence-corrected chi connectivity index (χ0v) is 16.5. The number of aromatic amines is 1. The van der Waals surface area contributed by atoms with Gasteiger partial charge in [-0.2, -0.15) is 0 Å². The fraction of sp³-hybridized carbons (Fsp3) is 0.571. The molecule has 1 saturated heterocycles. The number of ether oxygens (including phenoxy) is 2. The van der Waals surface area contributed by atoms with Crippen LogP contribution in [-0.4, -0.2) is 64.5 Å². The van der Waals surface area contributed by atoms with Gasteiger partial charge in [-0.3, -0.25) is 4.90 Å². The third kappa shape index (κ3) is 4.14.